The van der Waals surface area contributed by atoms with Gasteiger partial charge in [-0.3, -0.25) is 4.79 Å². The summed E-state index contributed by atoms with van der Waals surface area (Å²) in [5.41, 5.74) is 0.750. The Labute approximate surface area is 211 Å². The summed E-state index contributed by atoms with van der Waals surface area (Å²) in [5.74, 6) is -0.243. The summed E-state index contributed by atoms with van der Waals surface area (Å²) in [6.45, 7) is 0.844. The third-order valence-electron chi connectivity index (χ3n) is 6.78. The number of piperidine rings is 1. The lowest BCUT2D eigenvalue weighted by atomic mass is 9.99. The topological polar surface area (TPSA) is 114 Å². The van der Waals surface area contributed by atoms with Crippen molar-refractivity contribution in [3.8, 4) is 0 Å². The van der Waals surface area contributed by atoms with Gasteiger partial charge in [0.25, 0.3) is 5.56 Å². The molecule has 3 aromatic carbocycles. The van der Waals surface area contributed by atoms with Crippen LogP contribution in [0.3, 0.4) is 0 Å². The Morgan fingerprint density at radius 1 is 1.03 bits per heavy atom. The van der Waals surface area contributed by atoms with Crippen molar-refractivity contribution in [1.82, 2.24) is 29.3 Å². The number of hydrogen-bond acceptors (Lipinski definition) is 6. The molecule has 0 spiro atoms. The molecule has 1 aliphatic heterocycles. The highest BCUT2D eigenvalue weighted by Crippen LogP contribution is 2.31. The molecule has 1 saturated heterocycles. The number of aromatic nitrogens is 5. The van der Waals surface area contributed by atoms with Crippen LogP contribution < -0.4 is 5.56 Å². The first-order chi connectivity index (χ1) is 17.9. The average molecular weight is 519 g/mol. The number of benzene rings is 3. The van der Waals surface area contributed by atoms with Crippen molar-refractivity contribution in [3.05, 3.63) is 94.3 Å². The first-order valence-electron chi connectivity index (χ1n) is 12.0. The minimum atomic E-state index is -3.77. The van der Waals surface area contributed by atoms with Crippen LogP contribution in [0.25, 0.3) is 21.9 Å². The van der Waals surface area contributed by atoms with E-state index in [-0.39, 0.29) is 35.2 Å². The Hall–Kier alpha value is -3.96. The maximum atomic E-state index is 13.7. The van der Waals surface area contributed by atoms with Crippen molar-refractivity contribution >= 4 is 32.0 Å². The highest BCUT2D eigenvalue weighted by atomic mass is 32.2. The SMILES string of the molecule is O=c1[nH]c([C@@H]2CCCN(S(=O)(=O)c3cccc4ccccc34)C2)nc2c1nnn2Cc1ccc(F)cc1. The Balaban J connectivity index is 1.33. The van der Waals surface area contributed by atoms with Crippen LogP contribution in [0.4, 0.5) is 4.39 Å². The first kappa shape index (κ1) is 23.4. The van der Waals surface area contributed by atoms with E-state index in [1.165, 1.54) is 21.1 Å². The van der Waals surface area contributed by atoms with Gasteiger partial charge in [0, 0.05) is 24.4 Å². The summed E-state index contributed by atoms with van der Waals surface area (Å²) >= 11 is 0. The minimum Gasteiger partial charge on any atom is -0.308 e. The smallest absolute Gasteiger partial charge is 0.281 e. The highest BCUT2D eigenvalue weighted by molar-refractivity contribution is 7.89. The Bertz CT molecular complexity index is 1780. The van der Waals surface area contributed by atoms with E-state index in [0.29, 0.717) is 36.2 Å². The van der Waals surface area contributed by atoms with Crippen LogP contribution in [0.2, 0.25) is 0 Å². The molecule has 2 aromatic heterocycles. The molecular formula is C26H23FN6O3S. The van der Waals surface area contributed by atoms with Crippen LogP contribution in [-0.4, -0.2) is 50.8 Å². The van der Waals surface area contributed by atoms with Crippen LogP contribution in [0.15, 0.2) is 76.4 Å². The molecule has 9 nitrogen and oxygen atoms in total. The Kier molecular flexibility index (Phi) is 5.81. The molecule has 6 rings (SSSR count). The van der Waals surface area contributed by atoms with Crippen molar-refractivity contribution < 1.29 is 12.8 Å². The molecule has 37 heavy (non-hydrogen) atoms. The number of nitrogens with one attached hydrogen (secondary N) is 1. The summed E-state index contributed by atoms with van der Waals surface area (Å²) < 4.78 is 43.6. The van der Waals surface area contributed by atoms with Crippen LogP contribution in [0.1, 0.15) is 30.1 Å². The second-order valence-corrected chi connectivity index (χ2v) is 11.1. The predicted molar refractivity (Wildman–Crippen MR) is 136 cm³/mol. The number of hydrogen-bond donors (Lipinski definition) is 1. The quantitative estimate of drug-likeness (QED) is 0.381. The van der Waals surface area contributed by atoms with Gasteiger partial charge in [0.15, 0.2) is 11.2 Å². The molecule has 0 unspecified atom stereocenters. The summed E-state index contributed by atoms with van der Waals surface area (Å²) in [6.07, 6.45) is 1.30. The van der Waals surface area contributed by atoms with Gasteiger partial charge in [-0.2, -0.15) is 4.31 Å². The number of H-pyrrole nitrogens is 1. The van der Waals surface area contributed by atoms with E-state index >= 15 is 0 Å². The highest BCUT2D eigenvalue weighted by Gasteiger charge is 2.33. The fraction of sp³-hybridized carbons (Fsp3) is 0.231. The molecule has 0 saturated carbocycles. The summed E-state index contributed by atoms with van der Waals surface area (Å²) in [4.78, 5) is 20.5. The van der Waals surface area contributed by atoms with Crippen molar-refractivity contribution in [3.63, 3.8) is 0 Å². The normalized spacial score (nSPS) is 16.9. The predicted octanol–water partition coefficient (Wildman–Crippen LogP) is 3.42. The number of halogens is 1. The molecule has 0 radical (unpaired) electrons. The average Bonchev–Trinajstić information content (AvgIpc) is 3.33. The molecule has 1 fully saturated rings. The second-order valence-electron chi connectivity index (χ2n) is 9.18. The first-order valence-corrected chi connectivity index (χ1v) is 13.4. The lowest BCUT2D eigenvalue weighted by Gasteiger charge is -2.31. The zero-order chi connectivity index (χ0) is 25.6. The van der Waals surface area contributed by atoms with Crippen LogP contribution in [-0.2, 0) is 16.6 Å². The molecule has 0 bridgehead atoms. The van der Waals surface area contributed by atoms with E-state index in [1.807, 2.05) is 30.3 Å². The standard InChI is InChI=1S/C26H23FN6O3S/c27-20-12-10-17(11-13-20)15-33-25-23(30-31-33)26(34)29-24(28-25)19-7-4-14-32(16-19)37(35,36)22-9-3-6-18-5-1-2-8-21(18)22/h1-3,5-6,8-13,19H,4,7,14-16H2,(H,28,29,34)/t19-/m1/s1. The zero-order valence-corrected chi connectivity index (χ0v) is 20.5. The summed E-state index contributed by atoms with van der Waals surface area (Å²) in [5, 5.41) is 9.57. The van der Waals surface area contributed by atoms with Gasteiger partial charge in [0.05, 0.1) is 11.4 Å². The fourth-order valence-corrected chi connectivity index (χ4v) is 6.63. The number of nitrogens with zero attached hydrogens (tertiary/aromatic N) is 5. The number of aromatic amines is 1. The van der Waals surface area contributed by atoms with E-state index < -0.39 is 15.6 Å². The van der Waals surface area contributed by atoms with Gasteiger partial charge in [0.1, 0.15) is 11.6 Å². The molecule has 0 aliphatic carbocycles. The van der Waals surface area contributed by atoms with Crippen molar-refractivity contribution in [2.75, 3.05) is 13.1 Å². The fourth-order valence-electron chi connectivity index (χ4n) is 4.89. The molecule has 1 N–H and O–H groups in total. The third-order valence-corrected chi connectivity index (χ3v) is 8.70. The van der Waals surface area contributed by atoms with Crippen LogP contribution in [0.5, 0.6) is 0 Å². The van der Waals surface area contributed by atoms with Gasteiger partial charge in [-0.1, -0.05) is 53.7 Å². The molecule has 1 atom stereocenters. The van der Waals surface area contributed by atoms with E-state index in [1.54, 1.807) is 24.3 Å². The molecule has 11 heteroatoms. The van der Waals surface area contributed by atoms with Gasteiger partial charge in [-0.25, -0.2) is 22.5 Å². The van der Waals surface area contributed by atoms with Crippen molar-refractivity contribution in [2.24, 2.45) is 0 Å². The number of fused-ring (bicyclic) bond motifs is 2. The zero-order valence-electron chi connectivity index (χ0n) is 19.7. The van der Waals surface area contributed by atoms with Gasteiger partial charge in [0.2, 0.25) is 10.0 Å². The van der Waals surface area contributed by atoms with Crippen LogP contribution >= 0.6 is 0 Å². The summed E-state index contributed by atoms with van der Waals surface area (Å²) in [7, 11) is -3.77. The van der Waals surface area contributed by atoms with E-state index in [2.05, 4.69) is 20.3 Å². The van der Waals surface area contributed by atoms with Gasteiger partial charge < -0.3 is 4.98 Å². The van der Waals surface area contributed by atoms with Crippen molar-refractivity contribution in [2.45, 2.75) is 30.2 Å². The molecule has 0 amide bonds. The molecule has 1 aliphatic rings. The largest absolute Gasteiger partial charge is 0.308 e. The van der Waals surface area contributed by atoms with Gasteiger partial charge >= 0.3 is 0 Å². The van der Waals surface area contributed by atoms with Crippen molar-refractivity contribution in [1.29, 1.82) is 0 Å². The molecular weight excluding hydrogens is 495 g/mol. The molecule has 188 valence electrons. The molecule has 5 aromatic rings. The van der Waals surface area contributed by atoms with Crippen LogP contribution in [0, 0.1) is 5.82 Å². The van der Waals surface area contributed by atoms with E-state index in [9.17, 15) is 17.6 Å². The number of sulfonamides is 1. The Morgan fingerprint density at radius 2 is 1.81 bits per heavy atom. The van der Waals surface area contributed by atoms with Gasteiger partial charge in [-0.05, 0) is 42.0 Å². The second kappa shape index (κ2) is 9.16. The maximum Gasteiger partial charge on any atom is 0.281 e. The third kappa shape index (κ3) is 4.30. The Morgan fingerprint density at radius 3 is 2.65 bits per heavy atom. The minimum absolute atomic E-state index is 0.0990. The van der Waals surface area contributed by atoms with Gasteiger partial charge in [-0.15, -0.1) is 5.10 Å². The summed E-state index contributed by atoms with van der Waals surface area (Å²) in [6, 6.07) is 18.7. The van der Waals surface area contributed by atoms with E-state index in [4.69, 9.17) is 0 Å². The molecule has 3 heterocycles. The number of rotatable bonds is 5. The lowest BCUT2D eigenvalue weighted by Crippen LogP contribution is -2.40. The monoisotopic (exact) mass is 518 g/mol. The van der Waals surface area contributed by atoms with E-state index in [0.717, 1.165) is 10.9 Å². The maximum absolute atomic E-state index is 13.7. The lowest BCUT2D eigenvalue weighted by molar-refractivity contribution is 0.309.